The van der Waals surface area contributed by atoms with Gasteiger partial charge in [0.05, 0.1) is 10.6 Å². The zero-order chi connectivity index (χ0) is 18.7. The number of hydrogen-bond acceptors (Lipinski definition) is 5. The minimum atomic E-state index is -0.563. The molecular formula is C17H14FN5O3. The Labute approximate surface area is 147 Å². The Bertz CT molecular complexity index is 969. The molecule has 9 heteroatoms. The van der Waals surface area contributed by atoms with Crippen LogP contribution in [0.25, 0.3) is 5.69 Å². The number of carbonyl (C=O) groups excluding carboxylic acids is 1. The van der Waals surface area contributed by atoms with Crippen molar-refractivity contribution < 1.29 is 14.1 Å². The van der Waals surface area contributed by atoms with Crippen molar-refractivity contribution in [2.24, 2.45) is 0 Å². The number of carbonyl (C=O) groups is 1. The summed E-state index contributed by atoms with van der Waals surface area (Å²) in [5, 5.41) is 17.7. The van der Waals surface area contributed by atoms with Gasteiger partial charge in [-0.15, -0.1) is 5.10 Å². The third-order valence-electron chi connectivity index (χ3n) is 3.67. The quantitative estimate of drug-likeness (QED) is 0.560. The van der Waals surface area contributed by atoms with Crippen molar-refractivity contribution in [2.75, 3.05) is 0 Å². The first-order chi connectivity index (χ1) is 12.5. The second kappa shape index (κ2) is 7.09. The molecule has 1 amide bonds. The number of nitro groups is 1. The highest BCUT2D eigenvalue weighted by molar-refractivity contribution is 5.90. The number of aryl methyl sites for hydroxylation is 1. The number of aromatic nitrogens is 3. The molecule has 0 aliphatic rings. The Morgan fingerprint density at radius 2 is 1.92 bits per heavy atom. The molecule has 0 fully saturated rings. The van der Waals surface area contributed by atoms with Crippen LogP contribution in [-0.4, -0.2) is 25.6 Å². The van der Waals surface area contributed by atoms with Crippen LogP contribution in [0.15, 0.2) is 48.5 Å². The zero-order valence-electron chi connectivity index (χ0n) is 13.7. The lowest BCUT2D eigenvalue weighted by Crippen LogP contribution is -2.24. The maximum atomic E-state index is 13.0. The molecule has 26 heavy (non-hydrogen) atoms. The van der Waals surface area contributed by atoms with Crippen molar-refractivity contribution in [3.8, 4) is 5.69 Å². The number of nitro benzene ring substituents is 1. The number of nitrogens with one attached hydrogen (secondary N) is 1. The predicted octanol–water partition coefficient (Wildman–Crippen LogP) is 2.55. The molecule has 2 aromatic carbocycles. The van der Waals surface area contributed by atoms with Crippen molar-refractivity contribution in [1.29, 1.82) is 0 Å². The van der Waals surface area contributed by atoms with E-state index in [9.17, 15) is 19.3 Å². The molecule has 1 N–H and O–H groups in total. The lowest BCUT2D eigenvalue weighted by atomic mass is 10.2. The lowest BCUT2D eigenvalue weighted by molar-refractivity contribution is -0.385. The molecule has 1 heterocycles. The van der Waals surface area contributed by atoms with Gasteiger partial charge in [-0.05, 0) is 31.2 Å². The highest BCUT2D eigenvalue weighted by Crippen LogP contribution is 2.17. The van der Waals surface area contributed by atoms with Gasteiger partial charge < -0.3 is 5.32 Å². The van der Waals surface area contributed by atoms with Crippen molar-refractivity contribution >= 4 is 11.6 Å². The molecule has 0 aliphatic heterocycles. The number of nitrogens with zero attached hydrogens (tertiary/aromatic N) is 4. The number of benzene rings is 2. The summed E-state index contributed by atoms with van der Waals surface area (Å²) in [6.45, 7) is 1.63. The third-order valence-corrected chi connectivity index (χ3v) is 3.67. The van der Waals surface area contributed by atoms with E-state index in [0.717, 1.165) is 0 Å². The molecule has 3 rings (SSSR count). The van der Waals surface area contributed by atoms with E-state index in [2.05, 4.69) is 15.4 Å². The summed E-state index contributed by atoms with van der Waals surface area (Å²) in [4.78, 5) is 26.9. The molecule has 0 bridgehead atoms. The van der Waals surface area contributed by atoms with Gasteiger partial charge in [0, 0.05) is 18.2 Å². The van der Waals surface area contributed by atoms with E-state index in [4.69, 9.17) is 0 Å². The predicted molar refractivity (Wildman–Crippen MR) is 90.3 cm³/mol. The van der Waals surface area contributed by atoms with Gasteiger partial charge in [0.15, 0.2) is 0 Å². The summed E-state index contributed by atoms with van der Waals surface area (Å²) in [5.74, 6) is -0.570. The normalized spacial score (nSPS) is 10.5. The second-order valence-corrected chi connectivity index (χ2v) is 5.44. The van der Waals surface area contributed by atoms with E-state index in [1.54, 1.807) is 25.1 Å². The van der Waals surface area contributed by atoms with Gasteiger partial charge in [-0.3, -0.25) is 14.9 Å². The van der Waals surface area contributed by atoms with E-state index >= 15 is 0 Å². The summed E-state index contributed by atoms with van der Waals surface area (Å²) in [5.41, 5.74) is 0.864. The number of rotatable bonds is 5. The van der Waals surface area contributed by atoms with Gasteiger partial charge in [0.25, 0.3) is 11.6 Å². The van der Waals surface area contributed by atoms with Crippen LogP contribution in [0, 0.1) is 22.9 Å². The topological polar surface area (TPSA) is 103 Å². The minimum Gasteiger partial charge on any atom is -0.345 e. The highest BCUT2D eigenvalue weighted by Gasteiger charge is 2.17. The molecule has 3 aromatic rings. The van der Waals surface area contributed by atoms with Gasteiger partial charge in [-0.25, -0.2) is 14.1 Å². The smallest absolute Gasteiger partial charge is 0.291 e. The number of halogens is 1. The molecule has 0 unspecified atom stereocenters. The van der Waals surface area contributed by atoms with Crippen LogP contribution in [0.1, 0.15) is 22.0 Å². The number of amides is 1. The van der Waals surface area contributed by atoms with Gasteiger partial charge >= 0.3 is 0 Å². The SMILES string of the molecule is Cc1nc(C(=O)NCc2ccccc2[N+](=O)[O-])nn1-c1ccc(F)cc1. The molecule has 0 saturated carbocycles. The summed E-state index contributed by atoms with van der Waals surface area (Å²) >= 11 is 0. The van der Waals surface area contributed by atoms with Gasteiger partial charge in [0.2, 0.25) is 5.82 Å². The average Bonchev–Trinajstić information content (AvgIpc) is 3.02. The first-order valence-corrected chi connectivity index (χ1v) is 7.66. The number of para-hydroxylation sites is 1. The van der Waals surface area contributed by atoms with Crippen molar-refractivity contribution in [3.63, 3.8) is 0 Å². The van der Waals surface area contributed by atoms with E-state index in [0.29, 0.717) is 17.1 Å². The van der Waals surface area contributed by atoms with Crippen molar-refractivity contribution in [2.45, 2.75) is 13.5 Å². The fourth-order valence-electron chi connectivity index (χ4n) is 2.41. The molecule has 8 nitrogen and oxygen atoms in total. The summed E-state index contributed by atoms with van der Waals surface area (Å²) in [6, 6.07) is 11.7. The Kier molecular flexibility index (Phi) is 4.70. The Hall–Kier alpha value is -3.62. The first kappa shape index (κ1) is 17.2. The Balaban J connectivity index is 1.76. The summed E-state index contributed by atoms with van der Waals surface area (Å²) < 4.78 is 14.4. The van der Waals surface area contributed by atoms with Crippen LogP contribution < -0.4 is 5.32 Å². The van der Waals surface area contributed by atoms with Crippen molar-refractivity contribution in [3.05, 3.63) is 81.7 Å². The Morgan fingerprint density at radius 1 is 1.23 bits per heavy atom. The fourth-order valence-corrected chi connectivity index (χ4v) is 2.41. The molecule has 132 valence electrons. The maximum absolute atomic E-state index is 13.0. The number of hydrogen-bond donors (Lipinski definition) is 1. The van der Waals surface area contributed by atoms with E-state index in [1.807, 2.05) is 0 Å². The summed E-state index contributed by atoms with van der Waals surface area (Å²) in [6.07, 6.45) is 0. The highest BCUT2D eigenvalue weighted by atomic mass is 19.1. The zero-order valence-corrected chi connectivity index (χ0v) is 13.7. The Morgan fingerprint density at radius 3 is 2.62 bits per heavy atom. The van der Waals surface area contributed by atoms with Crippen LogP contribution in [0.3, 0.4) is 0 Å². The monoisotopic (exact) mass is 355 g/mol. The van der Waals surface area contributed by atoms with Crippen LogP contribution >= 0.6 is 0 Å². The lowest BCUT2D eigenvalue weighted by Gasteiger charge is -2.04. The molecule has 1 aromatic heterocycles. The van der Waals surface area contributed by atoms with Crippen LogP contribution in [0.4, 0.5) is 10.1 Å². The molecule has 0 aliphatic carbocycles. The minimum absolute atomic E-state index is 0.0277. The van der Waals surface area contributed by atoms with E-state index < -0.39 is 10.8 Å². The van der Waals surface area contributed by atoms with Crippen molar-refractivity contribution in [1.82, 2.24) is 20.1 Å². The van der Waals surface area contributed by atoms with Crippen LogP contribution in [0.2, 0.25) is 0 Å². The van der Waals surface area contributed by atoms with Crippen LogP contribution in [-0.2, 0) is 6.54 Å². The largest absolute Gasteiger partial charge is 0.345 e. The van der Waals surface area contributed by atoms with Crippen LogP contribution in [0.5, 0.6) is 0 Å². The third kappa shape index (κ3) is 3.56. The first-order valence-electron chi connectivity index (χ1n) is 7.66. The molecule has 0 spiro atoms. The second-order valence-electron chi connectivity index (χ2n) is 5.44. The molecule has 0 radical (unpaired) electrons. The standard InChI is InChI=1S/C17H14FN5O3/c1-11-20-16(21-22(11)14-8-6-13(18)7-9-14)17(24)19-10-12-4-2-3-5-15(12)23(25)26/h2-9H,10H2,1H3,(H,19,24). The van der Waals surface area contributed by atoms with E-state index in [-0.39, 0.29) is 23.9 Å². The average molecular weight is 355 g/mol. The summed E-state index contributed by atoms with van der Waals surface area (Å²) in [7, 11) is 0. The molecule has 0 saturated heterocycles. The molecule has 0 atom stereocenters. The van der Waals surface area contributed by atoms with Gasteiger partial charge in [-0.2, -0.15) is 0 Å². The van der Waals surface area contributed by atoms with Gasteiger partial charge in [0.1, 0.15) is 11.6 Å². The maximum Gasteiger partial charge on any atom is 0.291 e. The van der Waals surface area contributed by atoms with E-state index in [1.165, 1.54) is 35.0 Å². The fraction of sp³-hybridized carbons (Fsp3) is 0.118. The van der Waals surface area contributed by atoms with Gasteiger partial charge in [-0.1, -0.05) is 18.2 Å². The molecular weight excluding hydrogens is 341 g/mol.